The third kappa shape index (κ3) is 2.33. The molecule has 1 aliphatic heterocycles. The molecule has 0 spiro atoms. The number of nitrogens with zero attached hydrogens (tertiary/aromatic N) is 2. The van der Waals surface area contributed by atoms with Gasteiger partial charge in [-0.15, -0.1) is 0 Å². The first-order valence-corrected chi connectivity index (χ1v) is 6.10. The molecule has 1 saturated heterocycles. The summed E-state index contributed by atoms with van der Waals surface area (Å²) in [7, 11) is 1.35. The number of nitrogens with one attached hydrogen (secondary N) is 1. The van der Waals surface area contributed by atoms with E-state index in [9.17, 15) is 9.59 Å². The number of hydrogen-bond acceptors (Lipinski definition) is 5. The van der Waals surface area contributed by atoms with Gasteiger partial charge in [0.1, 0.15) is 11.1 Å². The van der Waals surface area contributed by atoms with Crippen LogP contribution in [0, 0.1) is 0 Å². The van der Waals surface area contributed by atoms with Crippen molar-refractivity contribution in [3.8, 4) is 0 Å². The van der Waals surface area contributed by atoms with E-state index in [0.717, 1.165) is 12.8 Å². The highest BCUT2D eigenvalue weighted by atomic mass is 35.5. The van der Waals surface area contributed by atoms with Crippen molar-refractivity contribution < 1.29 is 9.53 Å². The third-order valence-electron chi connectivity index (χ3n) is 3.03. The highest BCUT2D eigenvalue weighted by Gasteiger charge is 2.32. The van der Waals surface area contributed by atoms with Gasteiger partial charge in [0.25, 0.3) is 5.56 Å². The number of methoxy groups -OCH3 is 1. The topological polar surface area (TPSA) is 75.3 Å². The second kappa shape index (κ2) is 5.39. The average molecular weight is 272 g/mol. The molecule has 0 amide bonds. The van der Waals surface area contributed by atoms with Crippen LogP contribution in [-0.2, 0) is 9.53 Å². The number of carbonyl (C=O) groups excluding carboxylic acids is 1. The molecule has 1 fully saturated rings. The molecule has 0 aromatic carbocycles. The Labute approximate surface area is 109 Å². The van der Waals surface area contributed by atoms with E-state index in [1.54, 1.807) is 4.90 Å². The number of H-pyrrole nitrogens is 1. The van der Waals surface area contributed by atoms with Crippen LogP contribution >= 0.6 is 11.6 Å². The molecule has 1 aromatic heterocycles. The van der Waals surface area contributed by atoms with Crippen LogP contribution in [0.3, 0.4) is 0 Å². The van der Waals surface area contributed by atoms with Crippen LogP contribution < -0.4 is 10.5 Å². The van der Waals surface area contributed by atoms with E-state index in [0.29, 0.717) is 18.8 Å². The highest BCUT2D eigenvalue weighted by Crippen LogP contribution is 2.27. The predicted octanol–water partition coefficient (Wildman–Crippen LogP) is 0.955. The molecule has 2 rings (SSSR count). The fraction of sp³-hybridized carbons (Fsp3) is 0.545. The summed E-state index contributed by atoms with van der Waals surface area (Å²) in [6, 6.07) is -0.421. The van der Waals surface area contributed by atoms with Crippen molar-refractivity contribution in [2.24, 2.45) is 0 Å². The Balaban J connectivity index is 2.37. The quantitative estimate of drug-likeness (QED) is 0.811. The van der Waals surface area contributed by atoms with Gasteiger partial charge in [0.05, 0.1) is 13.4 Å². The number of anilines is 1. The maximum Gasteiger partial charge on any atom is 0.328 e. The maximum atomic E-state index is 11.7. The first-order chi connectivity index (χ1) is 8.65. The smallest absolute Gasteiger partial charge is 0.328 e. The normalized spacial score (nSPS) is 19.7. The Morgan fingerprint density at radius 1 is 1.61 bits per heavy atom. The average Bonchev–Trinajstić information content (AvgIpc) is 2.41. The lowest BCUT2D eigenvalue weighted by molar-refractivity contribution is -0.142. The van der Waals surface area contributed by atoms with E-state index in [2.05, 4.69) is 9.97 Å². The molecule has 18 heavy (non-hydrogen) atoms. The second-order valence-corrected chi connectivity index (χ2v) is 4.48. The molecule has 1 unspecified atom stereocenters. The van der Waals surface area contributed by atoms with Crippen LogP contribution in [0.4, 0.5) is 5.82 Å². The number of rotatable bonds is 2. The fourth-order valence-corrected chi connectivity index (χ4v) is 2.35. The Kier molecular flexibility index (Phi) is 3.86. The lowest BCUT2D eigenvalue weighted by Crippen LogP contribution is -2.46. The van der Waals surface area contributed by atoms with Crippen LogP contribution in [0.1, 0.15) is 19.3 Å². The SMILES string of the molecule is COC(=O)C1CCCCN1c1nc[nH]c(=O)c1Cl. The third-order valence-corrected chi connectivity index (χ3v) is 3.37. The van der Waals surface area contributed by atoms with Gasteiger partial charge in [0.2, 0.25) is 0 Å². The summed E-state index contributed by atoms with van der Waals surface area (Å²) in [5.41, 5.74) is -0.407. The monoisotopic (exact) mass is 271 g/mol. The Morgan fingerprint density at radius 2 is 2.39 bits per heavy atom. The largest absolute Gasteiger partial charge is 0.467 e. The minimum Gasteiger partial charge on any atom is -0.467 e. The summed E-state index contributed by atoms with van der Waals surface area (Å²) in [5, 5.41) is 0.00769. The highest BCUT2D eigenvalue weighted by molar-refractivity contribution is 6.32. The maximum absolute atomic E-state index is 11.7. The van der Waals surface area contributed by atoms with Crippen molar-refractivity contribution in [3.63, 3.8) is 0 Å². The van der Waals surface area contributed by atoms with Crippen LogP contribution in [0.5, 0.6) is 0 Å². The van der Waals surface area contributed by atoms with Crippen molar-refractivity contribution in [1.29, 1.82) is 0 Å². The predicted molar refractivity (Wildman–Crippen MR) is 66.9 cm³/mol. The van der Waals surface area contributed by atoms with Gasteiger partial charge in [-0.05, 0) is 19.3 Å². The van der Waals surface area contributed by atoms with Gasteiger partial charge in [-0.3, -0.25) is 4.79 Å². The van der Waals surface area contributed by atoms with Gasteiger partial charge < -0.3 is 14.6 Å². The van der Waals surface area contributed by atoms with E-state index in [4.69, 9.17) is 16.3 Å². The first-order valence-electron chi connectivity index (χ1n) is 5.73. The van der Waals surface area contributed by atoms with Crippen LogP contribution in [-0.4, -0.2) is 35.6 Å². The van der Waals surface area contributed by atoms with E-state index >= 15 is 0 Å². The molecule has 1 aromatic rings. The molecule has 0 radical (unpaired) electrons. The van der Waals surface area contributed by atoms with Crippen molar-refractivity contribution in [2.45, 2.75) is 25.3 Å². The number of piperidine rings is 1. The summed E-state index contributed by atoms with van der Waals surface area (Å²) >= 11 is 5.94. The van der Waals surface area contributed by atoms with Crippen LogP contribution in [0.2, 0.25) is 5.02 Å². The summed E-state index contributed by atoms with van der Waals surface area (Å²) in [6.45, 7) is 0.635. The zero-order chi connectivity index (χ0) is 13.1. The Bertz CT molecular complexity index is 503. The van der Waals surface area contributed by atoms with Crippen LogP contribution in [0.15, 0.2) is 11.1 Å². The standard InChI is InChI=1S/C11H14ClN3O3/c1-18-11(17)7-4-2-3-5-15(7)9-8(12)10(16)14-6-13-9/h6-7H,2-5H2,1H3,(H,13,14,16). The second-order valence-electron chi connectivity index (χ2n) is 4.10. The molecule has 6 nitrogen and oxygen atoms in total. The Morgan fingerprint density at radius 3 is 3.11 bits per heavy atom. The zero-order valence-corrected chi connectivity index (χ0v) is 10.7. The molecule has 1 atom stereocenters. The summed E-state index contributed by atoms with van der Waals surface area (Å²) in [5.74, 6) is 0.0170. The van der Waals surface area contributed by atoms with Gasteiger partial charge in [0.15, 0.2) is 5.82 Å². The molecule has 0 bridgehead atoms. The number of halogens is 1. The molecular weight excluding hydrogens is 258 g/mol. The van der Waals surface area contributed by atoms with Gasteiger partial charge in [-0.1, -0.05) is 11.6 Å². The molecule has 2 heterocycles. The van der Waals surface area contributed by atoms with Crippen molar-refractivity contribution in [2.75, 3.05) is 18.6 Å². The van der Waals surface area contributed by atoms with Gasteiger partial charge in [0, 0.05) is 6.54 Å². The number of hydrogen-bond donors (Lipinski definition) is 1. The first kappa shape index (κ1) is 12.9. The van der Waals surface area contributed by atoms with E-state index < -0.39 is 11.6 Å². The number of aromatic amines is 1. The lowest BCUT2D eigenvalue weighted by atomic mass is 10.0. The molecule has 7 heteroatoms. The minimum absolute atomic E-state index is 0.00769. The van der Waals surface area contributed by atoms with Crippen molar-refractivity contribution >= 4 is 23.4 Å². The fourth-order valence-electron chi connectivity index (χ4n) is 2.14. The molecule has 1 N–H and O–H groups in total. The lowest BCUT2D eigenvalue weighted by Gasteiger charge is -2.34. The summed E-state index contributed by atoms with van der Waals surface area (Å²) in [4.78, 5) is 31.4. The van der Waals surface area contributed by atoms with E-state index in [1.807, 2.05) is 0 Å². The van der Waals surface area contributed by atoms with Gasteiger partial charge >= 0.3 is 5.97 Å². The van der Waals surface area contributed by atoms with Crippen molar-refractivity contribution in [3.05, 3.63) is 21.7 Å². The summed E-state index contributed by atoms with van der Waals surface area (Å²) in [6.07, 6.45) is 3.83. The number of carbonyl (C=O) groups is 1. The van der Waals surface area contributed by atoms with Crippen LogP contribution in [0.25, 0.3) is 0 Å². The zero-order valence-electron chi connectivity index (χ0n) is 9.98. The molecule has 0 aliphatic carbocycles. The van der Waals surface area contributed by atoms with Gasteiger partial charge in [-0.25, -0.2) is 9.78 Å². The number of aromatic nitrogens is 2. The summed E-state index contributed by atoms with van der Waals surface area (Å²) < 4.78 is 4.77. The minimum atomic E-state index is -0.421. The molecule has 1 aliphatic rings. The van der Waals surface area contributed by atoms with Crippen molar-refractivity contribution in [1.82, 2.24) is 9.97 Å². The van der Waals surface area contributed by atoms with E-state index in [1.165, 1.54) is 13.4 Å². The molecular formula is C11H14ClN3O3. The number of esters is 1. The molecule has 98 valence electrons. The number of ether oxygens (including phenoxy) is 1. The van der Waals surface area contributed by atoms with Gasteiger partial charge in [-0.2, -0.15) is 0 Å². The Hall–Kier alpha value is -1.56. The molecule has 0 saturated carbocycles. The van der Waals surface area contributed by atoms with E-state index in [-0.39, 0.29) is 11.0 Å².